The fraction of sp³-hybridized carbons (Fsp3) is 0.424. The topological polar surface area (TPSA) is 93.7 Å². The van der Waals surface area contributed by atoms with Crippen molar-refractivity contribution in [2.24, 2.45) is 11.3 Å². The van der Waals surface area contributed by atoms with Gasteiger partial charge >= 0.3 is 5.97 Å². The average molecular weight is 609 g/mol. The highest BCUT2D eigenvalue weighted by molar-refractivity contribution is 8.00. The van der Waals surface area contributed by atoms with Gasteiger partial charge in [0.15, 0.2) is 6.61 Å². The number of thiophene rings is 1. The third kappa shape index (κ3) is 8.16. The number of carbonyl (C=O) groups is 3. The summed E-state index contributed by atoms with van der Waals surface area (Å²) in [5, 5.41) is 6.13. The van der Waals surface area contributed by atoms with Crippen molar-refractivity contribution in [2.45, 2.75) is 70.4 Å². The SMILES string of the molecule is CCOC(=O)c1c(NC(=O)C(CC)Sc2cccc(NC(=O)COc3ccccc3)c2)sc2c1CCC(C(C)(C)C)C2. The number of benzene rings is 2. The molecule has 0 aliphatic heterocycles. The minimum Gasteiger partial charge on any atom is -0.484 e. The summed E-state index contributed by atoms with van der Waals surface area (Å²) in [6.07, 6.45) is 3.29. The van der Waals surface area contributed by atoms with E-state index >= 15 is 0 Å². The summed E-state index contributed by atoms with van der Waals surface area (Å²) in [5.74, 6) is 0.330. The van der Waals surface area contributed by atoms with Gasteiger partial charge < -0.3 is 20.1 Å². The number of carbonyl (C=O) groups excluding carboxylic acids is 3. The highest BCUT2D eigenvalue weighted by Gasteiger charge is 2.35. The van der Waals surface area contributed by atoms with E-state index in [2.05, 4.69) is 31.4 Å². The molecule has 1 heterocycles. The Bertz CT molecular complexity index is 1400. The lowest BCUT2D eigenvalue weighted by molar-refractivity contribution is -0.118. The second-order valence-corrected chi connectivity index (χ2v) is 13.8. The van der Waals surface area contributed by atoms with Crippen molar-refractivity contribution in [2.75, 3.05) is 23.8 Å². The van der Waals surface area contributed by atoms with Gasteiger partial charge in [-0.15, -0.1) is 23.1 Å². The van der Waals surface area contributed by atoms with E-state index in [9.17, 15) is 14.4 Å². The van der Waals surface area contributed by atoms with E-state index in [4.69, 9.17) is 9.47 Å². The summed E-state index contributed by atoms with van der Waals surface area (Å²) in [7, 11) is 0. The van der Waals surface area contributed by atoms with Crippen molar-refractivity contribution in [3.05, 3.63) is 70.6 Å². The number of ether oxygens (including phenoxy) is 2. The van der Waals surface area contributed by atoms with Crippen molar-refractivity contribution in [3.63, 3.8) is 0 Å². The molecule has 1 aliphatic carbocycles. The van der Waals surface area contributed by atoms with E-state index in [1.54, 1.807) is 25.1 Å². The van der Waals surface area contributed by atoms with E-state index in [-0.39, 0.29) is 36.4 Å². The van der Waals surface area contributed by atoms with Crippen LogP contribution in [0.1, 0.15) is 68.3 Å². The number of fused-ring (bicyclic) bond motifs is 1. The number of anilines is 2. The van der Waals surface area contributed by atoms with E-state index in [1.165, 1.54) is 28.0 Å². The van der Waals surface area contributed by atoms with Gasteiger partial charge in [-0.3, -0.25) is 9.59 Å². The Hall–Kier alpha value is -3.30. The predicted octanol–water partition coefficient (Wildman–Crippen LogP) is 7.60. The van der Waals surface area contributed by atoms with Crippen LogP contribution in [-0.4, -0.2) is 36.2 Å². The van der Waals surface area contributed by atoms with Crippen molar-refractivity contribution in [1.82, 2.24) is 0 Å². The first-order chi connectivity index (χ1) is 20.1. The summed E-state index contributed by atoms with van der Waals surface area (Å²) in [5.41, 5.74) is 2.33. The first-order valence-corrected chi connectivity index (χ1v) is 16.2. The van der Waals surface area contributed by atoms with Gasteiger partial charge in [-0.2, -0.15) is 0 Å². The molecule has 0 saturated heterocycles. The van der Waals surface area contributed by atoms with E-state index in [0.717, 1.165) is 29.7 Å². The lowest BCUT2D eigenvalue weighted by atomic mass is 9.72. The minimum atomic E-state index is -0.395. The summed E-state index contributed by atoms with van der Waals surface area (Å²) in [6, 6.07) is 16.6. The van der Waals surface area contributed by atoms with Crippen LogP contribution in [0, 0.1) is 11.3 Å². The smallest absolute Gasteiger partial charge is 0.341 e. The van der Waals surface area contributed by atoms with Gasteiger partial charge in [0.2, 0.25) is 5.91 Å². The number of para-hydroxylation sites is 1. The molecular formula is C33H40N2O5S2. The van der Waals surface area contributed by atoms with Crippen molar-refractivity contribution in [1.29, 1.82) is 0 Å². The molecule has 0 spiro atoms. The summed E-state index contributed by atoms with van der Waals surface area (Å²) < 4.78 is 10.9. The van der Waals surface area contributed by atoms with Gasteiger partial charge in [0.25, 0.3) is 5.91 Å². The highest BCUT2D eigenvalue weighted by Crippen LogP contribution is 2.45. The molecule has 42 heavy (non-hydrogen) atoms. The molecule has 0 saturated carbocycles. The molecule has 3 aromatic rings. The van der Waals surface area contributed by atoms with Crippen LogP contribution in [0.4, 0.5) is 10.7 Å². The zero-order chi connectivity index (χ0) is 30.3. The third-order valence-electron chi connectivity index (χ3n) is 7.38. The lowest BCUT2D eigenvalue weighted by Gasteiger charge is -2.33. The molecule has 0 radical (unpaired) electrons. The zero-order valence-electron chi connectivity index (χ0n) is 25.0. The van der Waals surface area contributed by atoms with Gasteiger partial charge in [-0.05, 0) is 79.8 Å². The molecule has 2 amide bonds. The van der Waals surface area contributed by atoms with Crippen LogP contribution in [0.25, 0.3) is 0 Å². The van der Waals surface area contributed by atoms with Crippen molar-refractivity contribution >= 4 is 51.6 Å². The maximum Gasteiger partial charge on any atom is 0.341 e. The Morgan fingerprint density at radius 1 is 1.05 bits per heavy atom. The second-order valence-electron chi connectivity index (χ2n) is 11.4. The Kier molecular flexibility index (Phi) is 10.7. The summed E-state index contributed by atoms with van der Waals surface area (Å²) >= 11 is 2.93. The molecule has 2 atom stereocenters. The number of hydrogen-bond acceptors (Lipinski definition) is 7. The number of rotatable bonds is 11. The molecule has 9 heteroatoms. The molecule has 1 aliphatic rings. The molecule has 2 aromatic carbocycles. The number of hydrogen-bond donors (Lipinski definition) is 2. The molecule has 2 N–H and O–H groups in total. The normalized spacial score (nSPS) is 15.3. The number of nitrogens with one attached hydrogen (secondary N) is 2. The molecule has 4 rings (SSSR count). The fourth-order valence-electron chi connectivity index (χ4n) is 5.02. The first-order valence-electron chi connectivity index (χ1n) is 14.5. The van der Waals surface area contributed by atoms with Crippen LogP contribution >= 0.6 is 23.1 Å². The van der Waals surface area contributed by atoms with E-state index in [1.807, 2.05) is 43.3 Å². The lowest BCUT2D eigenvalue weighted by Crippen LogP contribution is -2.27. The maximum absolute atomic E-state index is 13.5. The van der Waals surface area contributed by atoms with Crippen LogP contribution in [0.15, 0.2) is 59.5 Å². The average Bonchev–Trinajstić information content (AvgIpc) is 3.32. The summed E-state index contributed by atoms with van der Waals surface area (Å²) in [6.45, 7) is 10.7. The van der Waals surface area contributed by atoms with Crippen LogP contribution in [-0.2, 0) is 27.2 Å². The third-order valence-corrected chi connectivity index (χ3v) is 9.91. The van der Waals surface area contributed by atoms with Crippen molar-refractivity contribution in [3.8, 4) is 5.75 Å². The predicted molar refractivity (Wildman–Crippen MR) is 171 cm³/mol. The second kappa shape index (κ2) is 14.2. The Balaban J connectivity index is 1.44. The van der Waals surface area contributed by atoms with Gasteiger partial charge in [-0.1, -0.05) is 52.0 Å². The Morgan fingerprint density at radius 3 is 2.50 bits per heavy atom. The molecule has 7 nitrogen and oxygen atoms in total. The Labute approximate surface area is 256 Å². The van der Waals surface area contributed by atoms with Crippen LogP contribution in [0.5, 0.6) is 5.75 Å². The van der Waals surface area contributed by atoms with Gasteiger partial charge in [0.1, 0.15) is 10.8 Å². The van der Waals surface area contributed by atoms with Gasteiger partial charge in [-0.25, -0.2) is 4.79 Å². The Morgan fingerprint density at radius 2 is 1.81 bits per heavy atom. The van der Waals surface area contributed by atoms with Gasteiger partial charge in [0, 0.05) is 15.5 Å². The van der Waals surface area contributed by atoms with E-state index < -0.39 is 5.25 Å². The number of esters is 1. The number of amides is 2. The van der Waals surface area contributed by atoms with Crippen LogP contribution < -0.4 is 15.4 Å². The monoisotopic (exact) mass is 608 g/mol. The van der Waals surface area contributed by atoms with Crippen molar-refractivity contribution < 1.29 is 23.9 Å². The molecule has 1 aromatic heterocycles. The minimum absolute atomic E-state index is 0.106. The largest absolute Gasteiger partial charge is 0.484 e. The van der Waals surface area contributed by atoms with Gasteiger partial charge in [0.05, 0.1) is 17.4 Å². The molecule has 0 bridgehead atoms. The summed E-state index contributed by atoms with van der Waals surface area (Å²) in [4.78, 5) is 41.0. The fourth-order valence-corrected chi connectivity index (χ4v) is 7.35. The quantitative estimate of drug-likeness (QED) is 0.172. The number of thioether (sulfide) groups is 1. The molecule has 2 unspecified atom stereocenters. The standard InChI is InChI=1S/C33H40N2O5S2/c1-6-26(41-24-15-11-12-22(19-24)34-28(36)20-40-23-13-9-8-10-14-23)30(37)35-31-29(32(38)39-7-2)25-17-16-21(33(3,4)5)18-27(25)42-31/h8-15,19,21,26H,6-7,16-18,20H2,1-5H3,(H,34,36)(H,35,37). The first kappa shape index (κ1) is 31.6. The molecule has 0 fully saturated rings. The van der Waals surface area contributed by atoms with Crippen LogP contribution in [0.3, 0.4) is 0 Å². The van der Waals surface area contributed by atoms with Crippen LogP contribution in [0.2, 0.25) is 0 Å². The zero-order valence-corrected chi connectivity index (χ0v) is 26.6. The van der Waals surface area contributed by atoms with E-state index in [0.29, 0.717) is 34.3 Å². The highest BCUT2D eigenvalue weighted by atomic mass is 32.2. The molecular weight excluding hydrogens is 569 g/mol. The maximum atomic E-state index is 13.5. The molecule has 224 valence electrons.